The third-order valence-corrected chi connectivity index (χ3v) is 2.69. The Balaban J connectivity index is 0.00000361. The number of carbonyl (C=O) groups is 1. The number of benzene rings is 1. The van der Waals surface area contributed by atoms with E-state index >= 15 is 0 Å². The van der Waals surface area contributed by atoms with Crippen molar-refractivity contribution in [2.75, 3.05) is 13.6 Å². The zero-order valence-electron chi connectivity index (χ0n) is 11.3. The Kier molecular flexibility index (Phi) is 7.60. The highest BCUT2D eigenvalue weighted by Crippen LogP contribution is 2.30. The van der Waals surface area contributed by atoms with Crippen LogP contribution in [-0.4, -0.2) is 19.5 Å². The molecule has 0 aliphatic heterocycles. The molecular weight excluding hydrogens is 293 g/mol. The Labute approximate surface area is 122 Å². The zero-order valence-corrected chi connectivity index (χ0v) is 12.1. The molecule has 20 heavy (non-hydrogen) atoms. The van der Waals surface area contributed by atoms with Crippen molar-refractivity contribution in [3.05, 3.63) is 35.4 Å². The van der Waals surface area contributed by atoms with E-state index < -0.39 is 17.8 Å². The second-order valence-electron chi connectivity index (χ2n) is 4.27. The minimum Gasteiger partial charge on any atom is -0.350 e. The maximum absolute atomic E-state index is 12.6. The third-order valence-electron chi connectivity index (χ3n) is 2.69. The Bertz CT molecular complexity index is 438. The lowest BCUT2D eigenvalue weighted by molar-refractivity contribution is -0.137. The van der Waals surface area contributed by atoms with E-state index in [-0.39, 0.29) is 18.3 Å². The lowest BCUT2D eigenvalue weighted by atomic mass is 10.0. The number of amides is 1. The van der Waals surface area contributed by atoms with Crippen molar-refractivity contribution >= 4 is 18.3 Å². The molecule has 1 aromatic rings. The fourth-order valence-corrected chi connectivity index (χ4v) is 1.62. The Morgan fingerprint density at radius 3 is 2.55 bits per heavy atom. The van der Waals surface area contributed by atoms with Crippen molar-refractivity contribution in [2.45, 2.75) is 25.6 Å². The van der Waals surface area contributed by atoms with Gasteiger partial charge in [0.05, 0.1) is 11.6 Å². The van der Waals surface area contributed by atoms with E-state index in [4.69, 9.17) is 0 Å². The van der Waals surface area contributed by atoms with Gasteiger partial charge in [0.15, 0.2) is 0 Å². The van der Waals surface area contributed by atoms with Gasteiger partial charge in [-0.05, 0) is 31.7 Å². The molecule has 114 valence electrons. The van der Waals surface area contributed by atoms with Crippen molar-refractivity contribution < 1.29 is 18.0 Å². The van der Waals surface area contributed by atoms with Gasteiger partial charge in [-0.2, -0.15) is 13.2 Å². The van der Waals surface area contributed by atoms with Crippen LogP contribution in [0.25, 0.3) is 0 Å². The number of halogens is 4. The molecule has 0 aliphatic rings. The molecule has 1 unspecified atom stereocenters. The maximum Gasteiger partial charge on any atom is 0.416 e. The number of hydrogen-bond donors (Lipinski definition) is 2. The molecule has 1 atom stereocenters. The molecule has 1 amide bonds. The monoisotopic (exact) mass is 310 g/mol. The molecule has 2 N–H and O–H groups in total. The summed E-state index contributed by atoms with van der Waals surface area (Å²) in [5.74, 6) is -0.195. The number of carbonyl (C=O) groups excluding carboxylic acids is 1. The minimum atomic E-state index is -4.37. The van der Waals surface area contributed by atoms with Crippen LogP contribution in [0.15, 0.2) is 24.3 Å². The first kappa shape index (κ1) is 18.7. The highest BCUT2D eigenvalue weighted by atomic mass is 35.5. The molecule has 0 spiro atoms. The van der Waals surface area contributed by atoms with Crippen molar-refractivity contribution in [3.8, 4) is 0 Å². The smallest absolute Gasteiger partial charge is 0.350 e. The quantitative estimate of drug-likeness (QED) is 0.878. The van der Waals surface area contributed by atoms with Gasteiger partial charge in [0.1, 0.15) is 0 Å². The van der Waals surface area contributed by atoms with Gasteiger partial charge in [0.2, 0.25) is 5.91 Å². The number of rotatable bonds is 5. The molecule has 1 rings (SSSR count). The number of hydrogen-bond acceptors (Lipinski definition) is 2. The van der Waals surface area contributed by atoms with E-state index in [2.05, 4.69) is 10.6 Å². The Hall–Kier alpha value is -1.27. The summed E-state index contributed by atoms with van der Waals surface area (Å²) in [6.45, 7) is 2.19. The summed E-state index contributed by atoms with van der Waals surface area (Å²) in [5.41, 5.74) is -0.269. The molecule has 7 heteroatoms. The fraction of sp³-hybridized carbons (Fsp3) is 0.462. The summed E-state index contributed by atoms with van der Waals surface area (Å²) in [6.07, 6.45) is -4.08. The van der Waals surface area contributed by atoms with Gasteiger partial charge in [-0.25, -0.2) is 0 Å². The van der Waals surface area contributed by atoms with E-state index in [1.54, 1.807) is 20.0 Å². The Morgan fingerprint density at radius 2 is 2.00 bits per heavy atom. The maximum atomic E-state index is 12.6. The van der Waals surface area contributed by atoms with Gasteiger partial charge in [-0.1, -0.05) is 12.1 Å². The molecule has 3 nitrogen and oxygen atoms in total. The lowest BCUT2D eigenvalue weighted by Crippen LogP contribution is -2.29. The van der Waals surface area contributed by atoms with Crippen LogP contribution in [0.1, 0.15) is 30.5 Å². The zero-order chi connectivity index (χ0) is 14.5. The highest BCUT2D eigenvalue weighted by molar-refractivity contribution is 5.85. The van der Waals surface area contributed by atoms with Crippen LogP contribution in [0.4, 0.5) is 13.2 Å². The molecular formula is C13H18ClF3N2O. The van der Waals surface area contributed by atoms with Crippen LogP contribution in [0.3, 0.4) is 0 Å². The van der Waals surface area contributed by atoms with Gasteiger partial charge in [-0.3, -0.25) is 4.79 Å². The summed E-state index contributed by atoms with van der Waals surface area (Å²) in [5, 5.41) is 5.49. The van der Waals surface area contributed by atoms with Gasteiger partial charge < -0.3 is 10.6 Å². The predicted molar refractivity (Wildman–Crippen MR) is 73.8 cm³/mol. The average Bonchev–Trinajstić information content (AvgIpc) is 2.35. The molecule has 0 aromatic heterocycles. The Morgan fingerprint density at radius 1 is 1.35 bits per heavy atom. The van der Waals surface area contributed by atoms with E-state index in [1.165, 1.54) is 6.07 Å². The topological polar surface area (TPSA) is 41.1 Å². The first-order valence-electron chi connectivity index (χ1n) is 5.95. The normalized spacial score (nSPS) is 12.4. The summed E-state index contributed by atoms with van der Waals surface area (Å²) in [7, 11) is 1.73. The second kappa shape index (κ2) is 8.11. The first-order valence-corrected chi connectivity index (χ1v) is 5.95. The minimum absolute atomic E-state index is 0. The van der Waals surface area contributed by atoms with E-state index in [0.29, 0.717) is 18.5 Å². The summed E-state index contributed by atoms with van der Waals surface area (Å²) in [4.78, 5) is 11.5. The molecule has 0 bridgehead atoms. The van der Waals surface area contributed by atoms with Crippen LogP contribution in [0.2, 0.25) is 0 Å². The summed E-state index contributed by atoms with van der Waals surface area (Å²) < 4.78 is 37.7. The van der Waals surface area contributed by atoms with E-state index in [1.807, 2.05) is 0 Å². The van der Waals surface area contributed by atoms with E-state index in [0.717, 1.165) is 12.1 Å². The standard InChI is InChI=1S/C13H17F3N2O.ClH/c1-9(18-12(19)6-7-17-2)10-4-3-5-11(8-10)13(14,15)16;/h3-5,8-9,17H,6-7H2,1-2H3,(H,18,19);1H. The van der Waals surface area contributed by atoms with Crippen molar-refractivity contribution in [2.24, 2.45) is 0 Å². The molecule has 0 aliphatic carbocycles. The van der Waals surface area contributed by atoms with Crippen molar-refractivity contribution in [1.29, 1.82) is 0 Å². The molecule has 0 fully saturated rings. The SMILES string of the molecule is CNCCC(=O)NC(C)c1cccc(C(F)(F)F)c1.Cl. The first-order chi connectivity index (χ1) is 8.84. The summed E-state index contributed by atoms with van der Waals surface area (Å²) >= 11 is 0. The van der Waals surface area contributed by atoms with Crippen LogP contribution < -0.4 is 10.6 Å². The molecule has 0 saturated carbocycles. The van der Waals surface area contributed by atoms with Crippen LogP contribution in [-0.2, 0) is 11.0 Å². The highest BCUT2D eigenvalue weighted by Gasteiger charge is 2.30. The molecule has 0 radical (unpaired) electrons. The lowest BCUT2D eigenvalue weighted by Gasteiger charge is -2.16. The molecule has 1 aromatic carbocycles. The van der Waals surface area contributed by atoms with Gasteiger partial charge >= 0.3 is 6.18 Å². The van der Waals surface area contributed by atoms with Crippen LogP contribution in [0.5, 0.6) is 0 Å². The summed E-state index contributed by atoms with van der Waals surface area (Å²) in [6, 6.07) is 4.53. The van der Waals surface area contributed by atoms with Gasteiger partial charge in [0.25, 0.3) is 0 Å². The number of alkyl halides is 3. The van der Waals surface area contributed by atoms with Crippen LogP contribution in [0, 0.1) is 0 Å². The van der Waals surface area contributed by atoms with Crippen LogP contribution >= 0.6 is 12.4 Å². The predicted octanol–water partition coefficient (Wildman–Crippen LogP) is 2.91. The van der Waals surface area contributed by atoms with Crippen molar-refractivity contribution in [1.82, 2.24) is 10.6 Å². The number of nitrogens with one attached hydrogen (secondary N) is 2. The van der Waals surface area contributed by atoms with Gasteiger partial charge in [0, 0.05) is 13.0 Å². The average molecular weight is 311 g/mol. The second-order valence-corrected chi connectivity index (χ2v) is 4.27. The third kappa shape index (κ3) is 5.79. The molecule has 0 heterocycles. The van der Waals surface area contributed by atoms with Gasteiger partial charge in [-0.15, -0.1) is 12.4 Å². The van der Waals surface area contributed by atoms with Crippen molar-refractivity contribution in [3.63, 3.8) is 0 Å². The fourth-order valence-electron chi connectivity index (χ4n) is 1.62. The van der Waals surface area contributed by atoms with E-state index in [9.17, 15) is 18.0 Å². The largest absolute Gasteiger partial charge is 0.416 e. The molecule has 0 saturated heterocycles.